The third-order valence-corrected chi connectivity index (χ3v) is 5.04. The van der Waals surface area contributed by atoms with Crippen LogP contribution in [0, 0.1) is 5.92 Å². The number of benzene rings is 2. The van der Waals surface area contributed by atoms with Gasteiger partial charge in [-0.15, -0.1) is 0 Å². The van der Waals surface area contributed by atoms with Crippen molar-refractivity contribution < 1.29 is 9.59 Å². The van der Waals surface area contributed by atoms with Gasteiger partial charge in [0.05, 0.1) is 11.0 Å². The molecule has 2 atom stereocenters. The second-order valence-corrected chi connectivity index (χ2v) is 7.37. The molecule has 1 aromatic heterocycles. The zero-order chi connectivity index (χ0) is 21.0. The van der Waals surface area contributed by atoms with Gasteiger partial charge in [0.15, 0.2) is 0 Å². The van der Waals surface area contributed by atoms with Gasteiger partial charge in [0.25, 0.3) is 5.91 Å². The molecule has 0 bridgehead atoms. The average Bonchev–Trinajstić information content (AvgIpc) is 3.13. The summed E-state index contributed by atoms with van der Waals surface area (Å²) in [5, 5.41) is 5.70. The maximum Gasteiger partial charge on any atom is 0.252 e. The first kappa shape index (κ1) is 20.4. The van der Waals surface area contributed by atoms with Crippen molar-refractivity contribution in [1.82, 2.24) is 15.3 Å². The fourth-order valence-electron chi connectivity index (χ4n) is 3.06. The Morgan fingerprint density at radius 2 is 1.90 bits per heavy atom. The Morgan fingerprint density at radius 1 is 1.14 bits per heavy atom. The minimum absolute atomic E-state index is 0.0413. The van der Waals surface area contributed by atoms with E-state index in [9.17, 15) is 9.59 Å². The van der Waals surface area contributed by atoms with Crippen LogP contribution in [0.5, 0.6) is 0 Å². The number of carbonyl (C=O) groups excluding carboxylic acids is 2. The van der Waals surface area contributed by atoms with E-state index in [0.29, 0.717) is 11.5 Å². The van der Waals surface area contributed by atoms with Gasteiger partial charge in [0.1, 0.15) is 6.04 Å². The lowest BCUT2D eigenvalue weighted by Crippen LogP contribution is -2.47. The third kappa shape index (κ3) is 4.74. The third-order valence-electron chi connectivity index (χ3n) is 5.04. The number of hydrogen-bond acceptors (Lipinski definition) is 4. The van der Waals surface area contributed by atoms with Crippen molar-refractivity contribution in [3.63, 3.8) is 0 Å². The molecule has 0 aliphatic carbocycles. The molecule has 29 heavy (non-hydrogen) atoms. The molecule has 2 amide bonds. The van der Waals surface area contributed by atoms with Crippen LogP contribution in [0.1, 0.15) is 30.6 Å². The van der Waals surface area contributed by atoms with Crippen LogP contribution in [-0.4, -0.2) is 41.9 Å². The van der Waals surface area contributed by atoms with Crippen LogP contribution < -0.4 is 15.5 Å². The number of nitrogens with one attached hydrogen (secondary N) is 3. The van der Waals surface area contributed by atoms with E-state index in [1.54, 1.807) is 12.1 Å². The zero-order valence-electron chi connectivity index (χ0n) is 17.2. The quantitative estimate of drug-likeness (QED) is 0.574. The summed E-state index contributed by atoms with van der Waals surface area (Å²) in [7, 11) is 3.83. The molecule has 0 saturated heterocycles. The van der Waals surface area contributed by atoms with Gasteiger partial charge in [-0.25, -0.2) is 4.98 Å². The van der Waals surface area contributed by atoms with E-state index in [2.05, 4.69) is 20.6 Å². The Morgan fingerprint density at radius 3 is 2.59 bits per heavy atom. The molecule has 0 aliphatic rings. The largest absolute Gasteiger partial charge is 0.378 e. The van der Waals surface area contributed by atoms with Crippen molar-refractivity contribution in [1.29, 1.82) is 0 Å². The lowest BCUT2D eigenvalue weighted by Gasteiger charge is -2.23. The van der Waals surface area contributed by atoms with Gasteiger partial charge in [-0.1, -0.05) is 38.5 Å². The number of para-hydroxylation sites is 2. The number of nitrogens with zero attached hydrogens (tertiary/aromatic N) is 2. The number of hydrogen-bond donors (Lipinski definition) is 3. The molecule has 2 aromatic carbocycles. The molecule has 0 saturated carbocycles. The topological polar surface area (TPSA) is 90.1 Å². The smallest absolute Gasteiger partial charge is 0.252 e. The maximum absolute atomic E-state index is 12.9. The molecule has 3 N–H and O–H groups in total. The molecular weight excluding hydrogens is 366 g/mol. The average molecular weight is 393 g/mol. The van der Waals surface area contributed by atoms with Crippen LogP contribution in [0.3, 0.4) is 0 Å². The summed E-state index contributed by atoms with van der Waals surface area (Å²) in [4.78, 5) is 35.1. The van der Waals surface area contributed by atoms with E-state index in [1.807, 2.05) is 69.2 Å². The zero-order valence-corrected chi connectivity index (χ0v) is 17.2. The summed E-state index contributed by atoms with van der Waals surface area (Å²) >= 11 is 0. The molecule has 152 valence electrons. The van der Waals surface area contributed by atoms with Crippen molar-refractivity contribution >= 4 is 34.5 Å². The first-order chi connectivity index (χ1) is 13.9. The maximum atomic E-state index is 12.9. The van der Waals surface area contributed by atoms with E-state index in [1.165, 1.54) is 0 Å². The van der Waals surface area contributed by atoms with Crippen LogP contribution in [-0.2, 0) is 4.79 Å². The molecule has 0 unspecified atom stereocenters. The standard InChI is InChI=1S/C22H27N5O2/c1-5-14(2)19(25-20(28)15-9-8-10-16(13-15)27(3)4)21(29)26-22-23-17-11-6-7-12-18(17)24-22/h6-14,19H,5H2,1-4H3,(H,25,28)(H2,23,24,26,29)/t14-,19+/m0/s1. The van der Waals surface area contributed by atoms with Crippen molar-refractivity contribution in [2.45, 2.75) is 26.3 Å². The Labute approximate surface area is 170 Å². The molecule has 0 spiro atoms. The molecule has 7 heteroatoms. The van der Waals surface area contributed by atoms with Gasteiger partial charge in [-0.3, -0.25) is 14.9 Å². The number of rotatable bonds is 7. The lowest BCUT2D eigenvalue weighted by molar-refractivity contribution is -0.119. The van der Waals surface area contributed by atoms with Crippen LogP contribution in [0.25, 0.3) is 11.0 Å². The molecule has 0 radical (unpaired) electrons. The van der Waals surface area contributed by atoms with E-state index >= 15 is 0 Å². The number of aromatic nitrogens is 2. The van der Waals surface area contributed by atoms with Crippen LogP contribution in [0.2, 0.25) is 0 Å². The second-order valence-electron chi connectivity index (χ2n) is 7.37. The lowest BCUT2D eigenvalue weighted by atomic mass is 9.98. The fraction of sp³-hybridized carbons (Fsp3) is 0.318. The Kier molecular flexibility index (Phi) is 6.16. The van der Waals surface area contributed by atoms with E-state index < -0.39 is 6.04 Å². The predicted octanol–water partition coefficient (Wildman–Crippen LogP) is 3.41. The van der Waals surface area contributed by atoms with Crippen molar-refractivity contribution in [2.75, 3.05) is 24.3 Å². The van der Waals surface area contributed by atoms with Crippen LogP contribution in [0.4, 0.5) is 11.6 Å². The molecule has 1 heterocycles. The van der Waals surface area contributed by atoms with E-state index in [0.717, 1.165) is 23.1 Å². The van der Waals surface area contributed by atoms with Gasteiger partial charge in [0.2, 0.25) is 11.9 Å². The summed E-state index contributed by atoms with van der Waals surface area (Å²) in [6.45, 7) is 3.93. The number of imidazole rings is 1. The first-order valence-corrected chi connectivity index (χ1v) is 9.73. The Balaban J connectivity index is 1.77. The minimum Gasteiger partial charge on any atom is -0.378 e. The summed E-state index contributed by atoms with van der Waals surface area (Å²) in [6.07, 6.45) is 0.746. The highest BCUT2D eigenvalue weighted by atomic mass is 16.2. The van der Waals surface area contributed by atoms with Gasteiger partial charge in [-0.2, -0.15) is 0 Å². The van der Waals surface area contributed by atoms with Gasteiger partial charge in [0, 0.05) is 25.3 Å². The van der Waals surface area contributed by atoms with E-state index in [4.69, 9.17) is 0 Å². The van der Waals surface area contributed by atoms with Crippen molar-refractivity contribution in [3.8, 4) is 0 Å². The second kappa shape index (κ2) is 8.77. The predicted molar refractivity (Wildman–Crippen MR) is 116 cm³/mol. The number of fused-ring (bicyclic) bond motifs is 1. The van der Waals surface area contributed by atoms with Gasteiger partial charge >= 0.3 is 0 Å². The highest BCUT2D eigenvalue weighted by molar-refractivity contribution is 6.01. The molecule has 7 nitrogen and oxygen atoms in total. The minimum atomic E-state index is -0.677. The first-order valence-electron chi connectivity index (χ1n) is 9.73. The molecule has 3 rings (SSSR count). The molecular formula is C22H27N5O2. The summed E-state index contributed by atoms with van der Waals surface area (Å²) in [6, 6.07) is 14.2. The summed E-state index contributed by atoms with van der Waals surface area (Å²) in [5.74, 6) is -0.247. The van der Waals surface area contributed by atoms with Crippen LogP contribution in [0.15, 0.2) is 48.5 Å². The monoisotopic (exact) mass is 393 g/mol. The van der Waals surface area contributed by atoms with Crippen molar-refractivity contribution in [2.24, 2.45) is 5.92 Å². The normalized spacial score (nSPS) is 13.0. The van der Waals surface area contributed by atoms with Crippen LogP contribution >= 0.6 is 0 Å². The molecule has 0 fully saturated rings. The number of anilines is 2. The fourth-order valence-corrected chi connectivity index (χ4v) is 3.06. The van der Waals surface area contributed by atoms with Gasteiger partial charge in [-0.05, 0) is 36.2 Å². The van der Waals surface area contributed by atoms with Crippen molar-refractivity contribution in [3.05, 3.63) is 54.1 Å². The SMILES string of the molecule is CC[C@H](C)[C@@H](NC(=O)c1cccc(N(C)C)c1)C(=O)Nc1nc2ccccc2[nH]1. The Bertz CT molecular complexity index is 978. The number of H-pyrrole nitrogens is 1. The Hall–Kier alpha value is -3.35. The highest BCUT2D eigenvalue weighted by Crippen LogP contribution is 2.17. The summed E-state index contributed by atoms with van der Waals surface area (Å²) < 4.78 is 0. The number of amides is 2. The van der Waals surface area contributed by atoms with E-state index in [-0.39, 0.29) is 17.7 Å². The summed E-state index contributed by atoms with van der Waals surface area (Å²) in [5.41, 5.74) is 3.05. The number of aromatic amines is 1. The number of carbonyl (C=O) groups is 2. The highest BCUT2D eigenvalue weighted by Gasteiger charge is 2.27. The molecule has 3 aromatic rings. The van der Waals surface area contributed by atoms with Gasteiger partial charge < -0.3 is 15.2 Å². The molecule has 0 aliphatic heterocycles.